The number of fused-ring (bicyclic) bond motifs is 1. The number of para-hydroxylation sites is 2. The lowest BCUT2D eigenvalue weighted by atomic mass is 10.1. The Balaban J connectivity index is 1.47. The Kier molecular flexibility index (Phi) is 8.06. The summed E-state index contributed by atoms with van der Waals surface area (Å²) >= 11 is 0. The van der Waals surface area contributed by atoms with Crippen molar-refractivity contribution < 1.29 is 14.3 Å². The van der Waals surface area contributed by atoms with Crippen molar-refractivity contribution in [3.8, 4) is 11.5 Å². The summed E-state index contributed by atoms with van der Waals surface area (Å²) in [5.74, 6) is 2.16. The summed E-state index contributed by atoms with van der Waals surface area (Å²) in [4.78, 5) is 17.8. The van der Waals surface area contributed by atoms with Crippen LogP contribution in [-0.4, -0.2) is 29.2 Å². The fourth-order valence-electron chi connectivity index (χ4n) is 4.33. The van der Waals surface area contributed by atoms with E-state index >= 15 is 0 Å². The normalized spacial score (nSPS) is 12.1. The summed E-state index contributed by atoms with van der Waals surface area (Å²) in [6.07, 6.45) is 4.79. The lowest BCUT2D eigenvalue weighted by Crippen LogP contribution is -2.29. The summed E-state index contributed by atoms with van der Waals surface area (Å²) in [5, 5.41) is 3.13. The summed E-state index contributed by atoms with van der Waals surface area (Å²) < 4.78 is 13.7. The smallest absolute Gasteiger partial charge is 0.252 e. The van der Waals surface area contributed by atoms with Crippen molar-refractivity contribution in [2.45, 2.75) is 39.8 Å². The second-order valence-corrected chi connectivity index (χ2v) is 8.73. The number of rotatable bonds is 10. The monoisotopic (exact) mass is 483 g/mol. The van der Waals surface area contributed by atoms with Crippen LogP contribution in [0.25, 0.3) is 17.1 Å². The molecule has 0 aliphatic heterocycles. The third kappa shape index (κ3) is 5.60. The highest BCUT2D eigenvalue weighted by atomic mass is 16.5. The second kappa shape index (κ2) is 11.6. The Morgan fingerprint density at radius 1 is 1.08 bits per heavy atom. The molecule has 4 aromatic rings. The van der Waals surface area contributed by atoms with Crippen molar-refractivity contribution in [1.29, 1.82) is 0 Å². The van der Waals surface area contributed by atoms with E-state index < -0.39 is 0 Å². The lowest BCUT2D eigenvalue weighted by Gasteiger charge is -2.17. The topological polar surface area (TPSA) is 65.4 Å². The fraction of sp³-hybridized carbons (Fsp3) is 0.267. The molecule has 1 N–H and O–H groups in total. The standard InChI is InChI=1S/C30H33N3O3/c1-5-11-23-16-17-27(28(20-23)35-4)36-19-10-18-33-26-15-9-8-14-25(26)32-29(33)22(3)31-30(34)24-13-7-6-12-21(24)2/h5-9,11-17,20,22H,10,18-19H2,1-4H3,(H,31,34)/b11-5+. The molecule has 0 bridgehead atoms. The van der Waals surface area contributed by atoms with Gasteiger partial charge in [0.2, 0.25) is 0 Å². The molecule has 0 saturated heterocycles. The number of aryl methyl sites for hydroxylation is 2. The molecule has 186 valence electrons. The molecular weight excluding hydrogens is 450 g/mol. The second-order valence-electron chi connectivity index (χ2n) is 8.73. The molecule has 0 fully saturated rings. The quantitative estimate of drug-likeness (QED) is 0.267. The molecular formula is C30H33N3O3. The van der Waals surface area contributed by atoms with Gasteiger partial charge in [0.25, 0.3) is 5.91 Å². The highest BCUT2D eigenvalue weighted by Gasteiger charge is 2.19. The number of hydrogen-bond donors (Lipinski definition) is 1. The van der Waals surface area contributed by atoms with Crippen LogP contribution in [0.2, 0.25) is 0 Å². The van der Waals surface area contributed by atoms with E-state index in [1.165, 1.54) is 0 Å². The van der Waals surface area contributed by atoms with Crippen molar-refractivity contribution in [1.82, 2.24) is 14.9 Å². The Hall–Kier alpha value is -4.06. The van der Waals surface area contributed by atoms with Crippen LogP contribution in [0.4, 0.5) is 0 Å². The number of hydrogen-bond acceptors (Lipinski definition) is 4. The molecule has 0 spiro atoms. The van der Waals surface area contributed by atoms with Crippen LogP contribution in [0.3, 0.4) is 0 Å². The van der Waals surface area contributed by atoms with E-state index in [0.29, 0.717) is 24.5 Å². The maximum Gasteiger partial charge on any atom is 0.252 e. The Morgan fingerprint density at radius 2 is 1.86 bits per heavy atom. The fourth-order valence-corrected chi connectivity index (χ4v) is 4.33. The number of aromatic nitrogens is 2. The van der Waals surface area contributed by atoms with Crippen LogP contribution in [-0.2, 0) is 6.54 Å². The molecule has 6 heteroatoms. The average Bonchev–Trinajstić information content (AvgIpc) is 3.26. The zero-order valence-corrected chi connectivity index (χ0v) is 21.3. The first-order valence-corrected chi connectivity index (χ1v) is 12.3. The first kappa shape index (κ1) is 25.0. The van der Waals surface area contributed by atoms with E-state index in [4.69, 9.17) is 14.5 Å². The first-order chi connectivity index (χ1) is 17.5. The minimum absolute atomic E-state index is 0.101. The number of amides is 1. The van der Waals surface area contributed by atoms with Crippen LogP contribution in [0.5, 0.6) is 11.5 Å². The van der Waals surface area contributed by atoms with Crippen molar-refractivity contribution >= 4 is 23.0 Å². The van der Waals surface area contributed by atoms with Gasteiger partial charge in [0.1, 0.15) is 5.82 Å². The van der Waals surface area contributed by atoms with Crippen LogP contribution >= 0.6 is 0 Å². The molecule has 3 aromatic carbocycles. The molecule has 4 rings (SSSR count). The predicted octanol–water partition coefficient (Wildman–Crippen LogP) is 6.35. The summed E-state index contributed by atoms with van der Waals surface area (Å²) in [6.45, 7) is 7.13. The van der Waals surface area contributed by atoms with Gasteiger partial charge in [-0.2, -0.15) is 0 Å². The van der Waals surface area contributed by atoms with Gasteiger partial charge in [-0.15, -0.1) is 0 Å². The number of imidazole rings is 1. The van der Waals surface area contributed by atoms with Gasteiger partial charge in [0.15, 0.2) is 11.5 Å². The minimum Gasteiger partial charge on any atom is -0.493 e. The third-order valence-corrected chi connectivity index (χ3v) is 6.14. The molecule has 36 heavy (non-hydrogen) atoms. The summed E-state index contributed by atoms with van der Waals surface area (Å²) in [7, 11) is 1.65. The largest absolute Gasteiger partial charge is 0.493 e. The first-order valence-electron chi connectivity index (χ1n) is 12.3. The van der Waals surface area contributed by atoms with Gasteiger partial charge in [0.05, 0.1) is 30.8 Å². The van der Waals surface area contributed by atoms with Crippen molar-refractivity contribution in [2.75, 3.05) is 13.7 Å². The molecule has 1 unspecified atom stereocenters. The molecule has 0 aliphatic carbocycles. The molecule has 0 aliphatic rings. The summed E-state index contributed by atoms with van der Waals surface area (Å²) in [6, 6.07) is 21.3. The van der Waals surface area contributed by atoms with Crippen LogP contribution in [0.1, 0.15) is 53.6 Å². The Bertz CT molecular complexity index is 1370. The van der Waals surface area contributed by atoms with E-state index in [1.807, 2.05) is 93.6 Å². The highest BCUT2D eigenvalue weighted by Crippen LogP contribution is 2.29. The van der Waals surface area contributed by atoms with Crippen LogP contribution in [0, 0.1) is 6.92 Å². The lowest BCUT2D eigenvalue weighted by molar-refractivity contribution is 0.0937. The Labute approximate surface area is 212 Å². The molecule has 1 amide bonds. The maximum atomic E-state index is 12.9. The molecule has 1 aromatic heterocycles. The molecule has 1 heterocycles. The number of allylic oxidation sites excluding steroid dienone is 1. The van der Waals surface area contributed by atoms with Gasteiger partial charge >= 0.3 is 0 Å². The predicted molar refractivity (Wildman–Crippen MR) is 145 cm³/mol. The highest BCUT2D eigenvalue weighted by molar-refractivity contribution is 5.95. The van der Waals surface area contributed by atoms with E-state index in [9.17, 15) is 4.79 Å². The van der Waals surface area contributed by atoms with Gasteiger partial charge in [-0.3, -0.25) is 4.79 Å². The summed E-state index contributed by atoms with van der Waals surface area (Å²) in [5.41, 5.74) is 4.64. The van der Waals surface area contributed by atoms with Crippen molar-refractivity contribution in [3.05, 3.63) is 95.3 Å². The zero-order valence-electron chi connectivity index (χ0n) is 21.3. The number of methoxy groups -OCH3 is 1. The number of nitrogens with zero attached hydrogens (tertiary/aromatic N) is 2. The van der Waals surface area contributed by atoms with Gasteiger partial charge in [-0.05, 0) is 68.7 Å². The van der Waals surface area contributed by atoms with E-state index in [1.54, 1.807) is 7.11 Å². The number of nitrogens with one attached hydrogen (secondary N) is 1. The number of benzene rings is 3. The van der Waals surface area contributed by atoms with Crippen LogP contribution < -0.4 is 14.8 Å². The number of carbonyl (C=O) groups excluding carboxylic acids is 1. The van der Waals surface area contributed by atoms with Gasteiger partial charge in [-0.1, -0.05) is 48.6 Å². The van der Waals surface area contributed by atoms with Gasteiger partial charge < -0.3 is 19.4 Å². The molecule has 0 radical (unpaired) electrons. The van der Waals surface area contributed by atoms with Gasteiger partial charge in [-0.25, -0.2) is 4.98 Å². The number of carbonyl (C=O) groups is 1. The molecule has 6 nitrogen and oxygen atoms in total. The Morgan fingerprint density at radius 3 is 2.64 bits per heavy atom. The SMILES string of the molecule is C/C=C/c1ccc(OCCCn2c(C(C)NC(=O)c3ccccc3C)nc3ccccc32)c(OC)c1. The zero-order chi connectivity index (χ0) is 25.5. The van der Waals surface area contributed by atoms with Crippen LogP contribution in [0.15, 0.2) is 72.8 Å². The average molecular weight is 484 g/mol. The maximum absolute atomic E-state index is 12.9. The van der Waals surface area contributed by atoms with E-state index in [0.717, 1.165) is 40.2 Å². The molecule has 0 saturated carbocycles. The minimum atomic E-state index is -0.260. The third-order valence-electron chi connectivity index (χ3n) is 6.14. The van der Waals surface area contributed by atoms with E-state index in [2.05, 4.69) is 16.0 Å². The van der Waals surface area contributed by atoms with Gasteiger partial charge in [0, 0.05) is 12.1 Å². The number of ether oxygens (including phenoxy) is 2. The van der Waals surface area contributed by atoms with E-state index in [-0.39, 0.29) is 11.9 Å². The molecule has 1 atom stereocenters. The van der Waals surface area contributed by atoms with Crippen molar-refractivity contribution in [2.24, 2.45) is 0 Å². The van der Waals surface area contributed by atoms with Crippen molar-refractivity contribution in [3.63, 3.8) is 0 Å².